The van der Waals surface area contributed by atoms with Gasteiger partial charge in [-0.15, -0.1) is 0 Å². The Bertz CT molecular complexity index is 978. The Morgan fingerprint density at radius 3 is 1.30 bits per heavy atom. The quantitative estimate of drug-likeness (QED) is 0.117. The van der Waals surface area contributed by atoms with Crippen LogP contribution in [0.3, 0.4) is 0 Å². The van der Waals surface area contributed by atoms with Gasteiger partial charge in [-0.2, -0.15) is 0 Å². The van der Waals surface area contributed by atoms with Crippen molar-refractivity contribution in [3.8, 4) is 11.5 Å². The Kier molecular flexibility index (Phi) is 12.6. The molecule has 0 amide bonds. The smallest absolute Gasteiger partial charge is 0.488 e. The number of rotatable bonds is 16. The lowest BCUT2D eigenvalue weighted by atomic mass is 9.86. The Morgan fingerprint density at radius 1 is 0.650 bits per heavy atom. The highest BCUT2D eigenvalue weighted by atomic mass is 28.4. The molecule has 0 aliphatic carbocycles. The average Bonchev–Trinajstić information content (AvgIpc) is 2.85. The lowest BCUT2D eigenvalue weighted by Crippen LogP contribution is -2.46. The van der Waals surface area contributed by atoms with Crippen molar-refractivity contribution in [2.24, 2.45) is 5.92 Å². The fraction of sp³-hybridized carbons (Fsp3) is 0.562. The van der Waals surface area contributed by atoms with Crippen LogP contribution in [0, 0.1) is 5.92 Å². The molecule has 0 aliphatic rings. The van der Waals surface area contributed by atoms with Gasteiger partial charge in [0.1, 0.15) is 22.7 Å². The van der Waals surface area contributed by atoms with E-state index in [1.807, 2.05) is 62.3 Å². The largest absolute Gasteiger partial charge is 0.500 e. The number of hydrogen-bond donors (Lipinski definition) is 0. The predicted octanol–water partition coefficient (Wildman–Crippen LogP) is 7.55. The van der Waals surface area contributed by atoms with Crippen LogP contribution in [0.1, 0.15) is 95.9 Å². The molecule has 0 N–H and O–H groups in total. The summed E-state index contributed by atoms with van der Waals surface area (Å²) >= 11 is 0. The standard InChI is InChI=1S/C32H48O7Si/c1-10-35-40(36-11-2,37-12-3)23-13-14-28(29(33)24-15-19-26(20-16-24)38-31(4,5)6)30(34)25-17-21-27(22-18-25)39-32(7,8)9/h15-22,28H,10-14,23H2,1-9H3. The Labute approximate surface area is 241 Å². The summed E-state index contributed by atoms with van der Waals surface area (Å²) in [6, 6.07) is 14.5. The Balaban J connectivity index is 2.32. The van der Waals surface area contributed by atoms with Crippen molar-refractivity contribution in [2.75, 3.05) is 19.8 Å². The maximum atomic E-state index is 13.8. The minimum Gasteiger partial charge on any atom is -0.488 e. The average molecular weight is 573 g/mol. The van der Waals surface area contributed by atoms with E-state index >= 15 is 0 Å². The van der Waals surface area contributed by atoms with E-state index in [1.165, 1.54) is 0 Å². The Hall–Kier alpha value is -2.52. The SMILES string of the molecule is CCO[Si](CCCC(C(=O)c1ccc(OC(C)(C)C)cc1)C(=O)c1ccc(OC(C)(C)C)cc1)(OCC)OCC. The monoisotopic (exact) mass is 572 g/mol. The van der Waals surface area contributed by atoms with Crippen LogP contribution in [0.2, 0.25) is 6.04 Å². The zero-order valence-corrected chi connectivity index (χ0v) is 26.8. The van der Waals surface area contributed by atoms with E-state index in [0.29, 0.717) is 61.3 Å². The lowest BCUT2D eigenvalue weighted by Gasteiger charge is -2.29. The maximum Gasteiger partial charge on any atom is 0.500 e. The van der Waals surface area contributed by atoms with Crippen LogP contribution in [-0.2, 0) is 13.3 Å². The molecular weight excluding hydrogens is 524 g/mol. The molecule has 0 heterocycles. The summed E-state index contributed by atoms with van der Waals surface area (Å²) in [7, 11) is -2.91. The first-order chi connectivity index (χ1) is 18.7. The maximum absolute atomic E-state index is 13.8. The first kappa shape index (κ1) is 33.7. The number of Topliss-reactive ketones (excluding diaryl/α,β-unsaturated/α-hetero) is 2. The third kappa shape index (κ3) is 10.8. The van der Waals surface area contributed by atoms with Crippen molar-refractivity contribution < 1.29 is 32.3 Å². The second-order valence-electron chi connectivity index (χ2n) is 11.6. The van der Waals surface area contributed by atoms with Crippen LogP contribution in [-0.4, -0.2) is 51.4 Å². The van der Waals surface area contributed by atoms with Gasteiger partial charge in [0.15, 0.2) is 11.6 Å². The van der Waals surface area contributed by atoms with E-state index in [0.717, 1.165) is 0 Å². The van der Waals surface area contributed by atoms with Crippen molar-refractivity contribution in [1.82, 2.24) is 0 Å². The number of ketones is 2. The highest BCUT2D eigenvalue weighted by Crippen LogP contribution is 2.28. The predicted molar refractivity (Wildman–Crippen MR) is 160 cm³/mol. The van der Waals surface area contributed by atoms with Gasteiger partial charge in [-0.1, -0.05) is 0 Å². The molecule has 0 aromatic heterocycles. The zero-order valence-electron chi connectivity index (χ0n) is 25.8. The normalized spacial score (nSPS) is 12.4. The summed E-state index contributed by atoms with van der Waals surface area (Å²) in [5.41, 5.74) is 0.223. The van der Waals surface area contributed by atoms with Gasteiger partial charge in [0.2, 0.25) is 0 Å². The molecule has 0 saturated heterocycles. The van der Waals surface area contributed by atoms with Gasteiger partial charge >= 0.3 is 8.80 Å². The molecule has 2 aromatic rings. The molecule has 0 spiro atoms. The molecule has 2 rings (SSSR count). The Morgan fingerprint density at radius 2 is 1.00 bits per heavy atom. The van der Waals surface area contributed by atoms with Gasteiger partial charge in [-0.3, -0.25) is 9.59 Å². The first-order valence-corrected chi connectivity index (χ1v) is 16.2. The number of ether oxygens (including phenoxy) is 2. The minimum absolute atomic E-state index is 0.223. The van der Waals surface area contributed by atoms with Crippen LogP contribution < -0.4 is 9.47 Å². The molecule has 7 nitrogen and oxygen atoms in total. The van der Waals surface area contributed by atoms with E-state index in [-0.39, 0.29) is 22.8 Å². The van der Waals surface area contributed by atoms with Gasteiger partial charge in [0.05, 0.1) is 5.92 Å². The molecule has 0 saturated carbocycles. The lowest BCUT2D eigenvalue weighted by molar-refractivity contribution is 0.0684. The number of hydrogen-bond acceptors (Lipinski definition) is 7. The molecule has 0 radical (unpaired) electrons. The molecule has 0 aliphatic heterocycles. The van der Waals surface area contributed by atoms with Crippen molar-refractivity contribution >= 4 is 20.4 Å². The van der Waals surface area contributed by atoms with Crippen LogP contribution in [0.15, 0.2) is 48.5 Å². The molecule has 0 unspecified atom stereocenters. The molecule has 0 bridgehead atoms. The third-order valence-electron chi connectivity index (χ3n) is 5.83. The summed E-state index contributed by atoms with van der Waals surface area (Å²) in [5.74, 6) is 0.0302. The van der Waals surface area contributed by atoms with E-state index in [1.54, 1.807) is 48.5 Å². The van der Waals surface area contributed by atoms with E-state index in [2.05, 4.69) is 0 Å². The van der Waals surface area contributed by atoms with E-state index in [4.69, 9.17) is 22.8 Å². The molecule has 8 heteroatoms. The molecular formula is C32H48O7Si. The fourth-order valence-electron chi connectivity index (χ4n) is 4.39. The topological polar surface area (TPSA) is 80.3 Å². The number of carbonyl (C=O) groups excluding carboxylic acids is 2. The summed E-state index contributed by atoms with van der Waals surface area (Å²) in [6.45, 7) is 19.0. The first-order valence-electron chi connectivity index (χ1n) is 14.3. The van der Waals surface area contributed by atoms with E-state index in [9.17, 15) is 9.59 Å². The summed E-state index contributed by atoms with van der Waals surface area (Å²) in [5, 5.41) is 0. The van der Waals surface area contributed by atoms with Gasteiger partial charge < -0.3 is 22.8 Å². The van der Waals surface area contributed by atoms with Gasteiger partial charge in [-0.05, 0) is 124 Å². The van der Waals surface area contributed by atoms with Crippen LogP contribution in [0.5, 0.6) is 11.5 Å². The zero-order chi connectivity index (χ0) is 30.0. The highest BCUT2D eigenvalue weighted by molar-refractivity contribution is 6.60. The van der Waals surface area contributed by atoms with Crippen molar-refractivity contribution in [3.63, 3.8) is 0 Å². The fourth-order valence-corrected chi connectivity index (χ4v) is 7.03. The molecule has 222 valence electrons. The second kappa shape index (κ2) is 14.9. The number of benzene rings is 2. The third-order valence-corrected chi connectivity index (χ3v) is 8.98. The van der Waals surface area contributed by atoms with Crippen molar-refractivity contribution in [1.29, 1.82) is 0 Å². The van der Waals surface area contributed by atoms with Gasteiger partial charge in [-0.25, -0.2) is 0 Å². The number of carbonyl (C=O) groups is 2. The summed E-state index contributed by atoms with van der Waals surface area (Å²) in [4.78, 5) is 27.5. The molecule has 0 fully saturated rings. The van der Waals surface area contributed by atoms with E-state index < -0.39 is 14.7 Å². The van der Waals surface area contributed by atoms with Crippen LogP contribution in [0.4, 0.5) is 0 Å². The molecule has 2 aromatic carbocycles. The van der Waals surface area contributed by atoms with Crippen molar-refractivity contribution in [3.05, 3.63) is 59.7 Å². The highest BCUT2D eigenvalue weighted by Gasteiger charge is 2.40. The second-order valence-corrected chi connectivity index (χ2v) is 14.4. The minimum atomic E-state index is -2.91. The van der Waals surface area contributed by atoms with Crippen LogP contribution in [0.25, 0.3) is 0 Å². The molecule has 40 heavy (non-hydrogen) atoms. The summed E-state index contributed by atoms with van der Waals surface area (Å²) < 4.78 is 29.8. The van der Waals surface area contributed by atoms with Gasteiger partial charge in [0, 0.05) is 37.0 Å². The van der Waals surface area contributed by atoms with Gasteiger partial charge in [0.25, 0.3) is 0 Å². The molecule has 0 atom stereocenters. The summed E-state index contributed by atoms with van der Waals surface area (Å²) in [6.07, 6.45) is 0.894. The van der Waals surface area contributed by atoms with Crippen LogP contribution >= 0.6 is 0 Å². The van der Waals surface area contributed by atoms with Crippen molar-refractivity contribution in [2.45, 2.75) is 92.4 Å².